The van der Waals surface area contributed by atoms with Crippen LogP contribution in [0.4, 0.5) is 5.69 Å². The maximum absolute atomic E-state index is 13.4. The fraction of sp³-hybridized carbons (Fsp3) is 0.391. The third-order valence-electron chi connectivity index (χ3n) is 4.87. The molecule has 2 rings (SSSR count). The first-order valence-corrected chi connectivity index (χ1v) is 12.9. The molecule has 2 amide bonds. The van der Waals surface area contributed by atoms with E-state index in [1.165, 1.54) is 4.90 Å². The number of halogens is 1. The maximum Gasteiger partial charge on any atom is 0.244 e. The van der Waals surface area contributed by atoms with Gasteiger partial charge in [0.1, 0.15) is 12.6 Å². The quantitative estimate of drug-likeness (QED) is 0.545. The Labute approximate surface area is 199 Å². The van der Waals surface area contributed by atoms with E-state index < -0.39 is 28.5 Å². The molecule has 0 spiro atoms. The molecular formula is C23H30BrN3O4S. The molecule has 7 nitrogen and oxygen atoms in total. The minimum absolute atomic E-state index is 0.0865. The Kier molecular flexibility index (Phi) is 8.86. The molecule has 0 fully saturated rings. The fourth-order valence-electron chi connectivity index (χ4n) is 3.10. The summed E-state index contributed by atoms with van der Waals surface area (Å²) in [6, 6.07) is 13.5. The Bertz CT molecular complexity index is 1040. The van der Waals surface area contributed by atoms with Crippen LogP contribution in [0.2, 0.25) is 0 Å². The van der Waals surface area contributed by atoms with E-state index >= 15 is 0 Å². The standard InChI is InChI=1S/C23H30BrN3O4S/c1-16(2)25-23(29)18(4)26(14-19-8-6-17(3)7-9-19)22(28)15-27(32(5,30)31)21-12-10-20(24)11-13-21/h6-13,16,18H,14-15H2,1-5H3,(H,25,29). The number of carbonyl (C=O) groups is 2. The average molecular weight is 524 g/mol. The van der Waals surface area contributed by atoms with Gasteiger partial charge in [-0.2, -0.15) is 0 Å². The molecule has 174 valence electrons. The number of nitrogens with zero attached hydrogens (tertiary/aromatic N) is 2. The summed E-state index contributed by atoms with van der Waals surface area (Å²) in [5.74, 6) is -0.764. The molecule has 32 heavy (non-hydrogen) atoms. The number of aryl methyl sites for hydroxylation is 1. The van der Waals surface area contributed by atoms with Crippen LogP contribution in [-0.4, -0.2) is 50.0 Å². The number of benzene rings is 2. The van der Waals surface area contributed by atoms with E-state index in [2.05, 4.69) is 21.2 Å². The topological polar surface area (TPSA) is 86.8 Å². The lowest BCUT2D eigenvalue weighted by molar-refractivity contribution is -0.139. The third-order valence-corrected chi connectivity index (χ3v) is 6.53. The predicted octanol–water partition coefficient (Wildman–Crippen LogP) is 3.47. The van der Waals surface area contributed by atoms with E-state index in [-0.39, 0.29) is 18.5 Å². The number of amides is 2. The lowest BCUT2D eigenvalue weighted by atomic mass is 10.1. The number of carbonyl (C=O) groups excluding carboxylic acids is 2. The van der Waals surface area contributed by atoms with Crippen molar-refractivity contribution in [2.45, 2.75) is 46.3 Å². The number of nitrogens with one attached hydrogen (secondary N) is 1. The van der Waals surface area contributed by atoms with Gasteiger partial charge in [-0.15, -0.1) is 0 Å². The second-order valence-corrected chi connectivity index (χ2v) is 10.9. The zero-order chi connectivity index (χ0) is 24.1. The molecule has 1 unspecified atom stereocenters. The van der Waals surface area contributed by atoms with Crippen LogP contribution in [0.5, 0.6) is 0 Å². The summed E-state index contributed by atoms with van der Waals surface area (Å²) in [7, 11) is -3.73. The van der Waals surface area contributed by atoms with E-state index in [9.17, 15) is 18.0 Å². The van der Waals surface area contributed by atoms with Gasteiger partial charge >= 0.3 is 0 Å². The van der Waals surface area contributed by atoms with Crippen molar-refractivity contribution in [1.29, 1.82) is 0 Å². The molecule has 0 aliphatic rings. The van der Waals surface area contributed by atoms with E-state index in [1.54, 1.807) is 31.2 Å². The van der Waals surface area contributed by atoms with Gasteiger partial charge in [-0.3, -0.25) is 13.9 Å². The van der Waals surface area contributed by atoms with E-state index in [0.29, 0.717) is 5.69 Å². The number of anilines is 1. The number of sulfonamides is 1. The van der Waals surface area contributed by atoms with Crippen LogP contribution in [0.1, 0.15) is 31.9 Å². The largest absolute Gasteiger partial charge is 0.352 e. The molecule has 0 radical (unpaired) electrons. The molecule has 0 heterocycles. The van der Waals surface area contributed by atoms with Crippen LogP contribution in [0.3, 0.4) is 0 Å². The molecule has 0 bridgehead atoms. The molecule has 2 aromatic carbocycles. The number of hydrogen-bond acceptors (Lipinski definition) is 4. The highest BCUT2D eigenvalue weighted by molar-refractivity contribution is 9.10. The average Bonchev–Trinajstić information content (AvgIpc) is 2.70. The number of rotatable bonds is 9. The predicted molar refractivity (Wildman–Crippen MR) is 131 cm³/mol. The van der Waals surface area contributed by atoms with Crippen molar-refractivity contribution in [2.24, 2.45) is 0 Å². The van der Waals surface area contributed by atoms with Crippen molar-refractivity contribution in [2.75, 3.05) is 17.1 Å². The second kappa shape index (κ2) is 11.0. The Morgan fingerprint density at radius 3 is 2.06 bits per heavy atom. The van der Waals surface area contributed by atoms with Crippen molar-refractivity contribution in [1.82, 2.24) is 10.2 Å². The van der Waals surface area contributed by atoms with Gasteiger partial charge in [0, 0.05) is 17.1 Å². The van der Waals surface area contributed by atoms with Gasteiger partial charge < -0.3 is 10.2 Å². The molecule has 0 saturated carbocycles. The van der Waals surface area contributed by atoms with Gasteiger partial charge in [0.15, 0.2) is 0 Å². The normalized spacial score (nSPS) is 12.3. The Hall–Kier alpha value is -2.39. The van der Waals surface area contributed by atoms with Gasteiger partial charge in [-0.25, -0.2) is 8.42 Å². The van der Waals surface area contributed by atoms with Crippen molar-refractivity contribution >= 4 is 43.5 Å². The summed E-state index contributed by atoms with van der Waals surface area (Å²) in [4.78, 5) is 27.5. The summed E-state index contributed by atoms with van der Waals surface area (Å²) < 4.78 is 26.8. The van der Waals surface area contributed by atoms with Crippen LogP contribution in [0.15, 0.2) is 53.0 Å². The van der Waals surface area contributed by atoms with Crippen LogP contribution >= 0.6 is 15.9 Å². The SMILES string of the molecule is Cc1ccc(CN(C(=O)CN(c2ccc(Br)cc2)S(C)(=O)=O)C(C)C(=O)NC(C)C)cc1. The minimum atomic E-state index is -3.73. The second-order valence-electron chi connectivity index (χ2n) is 8.09. The molecular weight excluding hydrogens is 494 g/mol. The minimum Gasteiger partial charge on any atom is -0.352 e. The molecule has 2 aromatic rings. The zero-order valence-corrected chi connectivity index (χ0v) is 21.4. The van der Waals surface area contributed by atoms with Gasteiger partial charge in [0.2, 0.25) is 21.8 Å². The van der Waals surface area contributed by atoms with Crippen molar-refractivity contribution in [3.05, 3.63) is 64.1 Å². The first-order chi connectivity index (χ1) is 14.9. The van der Waals surface area contributed by atoms with E-state index in [0.717, 1.165) is 26.2 Å². The van der Waals surface area contributed by atoms with Crippen molar-refractivity contribution in [3.8, 4) is 0 Å². The fourth-order valence-corrected chi connectivity index (χ4v) is 4.21. The van der Waals surface area contributed by atoms with E-state index in [4.69, 9.17) is 0 Å². The summed E-state index contributed by atoms with van der Waals surface area (Å²) >= 11 is 3.33. The maximum atomic E-state index is 13.4. The van der Waals surface area contributed by atoms with Gasteiger partial charge in [0.25, 0.3) is 0 Å². The number of hydrogen-bond donors (Lipinski definition) is 1. The monoisotopic (exact) mass is 523 g/mol. The highest BCUT2D eigenvalue weighted by Gasteiger charge is 2.30. The zero-order valence-electron chi connectivity index (χ0n) is 19.0. The summed E-state index contributed by atoms with van der Waals surface area (Å²) in [6.45, 7) is 7.07. The Balaban J connectivity index is 2.36. The lowest BCUT2D eigenvalue weighted by Gasteiger charge is -2.32. The highest BCUT2D eigenvalue weighted by atomic mass is 79.9. The summed E-state index contributed by atoms with van der Waals surface area (Å²) in [5, 5.41) is 2.82. The van der Waals surface area contributed by atoms with Crippen LogP contribution in [0, 0.1) is 6.92 Å². The van der Waals surface area contributed by atoms with Gasteiger partial charge in [-0.05, 0) is 57.5 Å². The van der Waals surface area contributed by atoms with Crippen LogP contribution in [0.25, 0.3) is 0 Å². The smallest absolute Gasteiger partial charge is 0.244 e. The summed E-state index contributed by atoms with van der Waals surface area (Å²) in [6.07, 6.45) is 1.06. The van der Waals surface area contributed by atoms with E-state index in [1.807, 2.05) is 45.0 Å². The molecule has 0 aliphatic carbocycles. The van der Waals surface area contributed by atoms with Gasteiger partial charge in [-0.1, -0.05) is 45.8 Å². The van der Waals surface area contributed by atoms with Crippen molar-refractivity contribution < 1.29 is 18.0 Å². The lowest BCUT2D eigenvalue weighted by Crippen LogP contribution is -2.52. The highest BCUT2D eigenvalue weighted by Crippen LogP contribution is 2.21. The molecule has 0 saturated heterocycles. The van der Waals surface area contributed by atoms with Crippen LogP contribution in [-0.2, 0) is 26.2 Å². The van der Waals surface area contributed by atoms with Crippen LogP contribution < -0.4 is 9.62 Å². The third kappa shape index (κ3) is 7.34. The molecule has 0 aliphatic heterocycles. The molecule has 1 N–H and O–H groups in total. The first kappa shape index (κ1) is 25.9. The molecule has 9 heteroatoms. The van der Waals surface area contributed by atoms with Crippen molar-refractivity contribution in [3.63, 3.8) is 0 Å². The first-order valence-electron chi connectivity index (χ1n) is 10.3. The Morgan fingerprint density at radius 1 is 1.00 bits per heavy atom. The molecule has 0 aromatic heterocycles. The van der Waals surface area contributed by atoms with Gasteiger partial charge in [0.05, 0.1) is 11.9 Å². The summed E-state index contributed by atoms with van der Waals surface area (Å²) in [5.41, 5.74) is 2.30. The molecule has 1 atom stereocenters. The Morgan fingerprint density at radius 2 is 1.56 bits per heavy atom.